The van der Waals surface area contributed by atoms with E-state index in [0.717, 1.165) is 27.3 Å². The summed E-state index contributed by atoms with van der Waals surface area (Å²) in [7, 11) is 0. The van der Waals surface area contributed by atoms with E-state index in [1.165, 1.54) is 16.7 Å². The largest absolute Gasteiger partial charge is 0.475 e. The summed E-state index contributed by atoms with van der Waals surface area (Å²) in [4.78, 5) is 0. The Hall–Kier alpha value is -0.158. The lowest BCUT2D eigenvalue weighted by Crippen LogP contribution is -2.24. The van der Waals surface area contributed by atoms with Crippen LogP contribution in [0.1, 0.15) is 79.0 Å². The van der Waals surface area contributed by atoms with Crippen molar-refractivity contribution in [2.24, 2.45) is 0 Å². The minimum absolute atomic E-state index is 0.0123. The van der Waals surface area contributed by atoms with E-state index in [1.807, 2.05) is 0 Å². The van der Waals surface area contributed by atoms with Gasteiger partial charge in [0.1, 0.15) is 5.75 Å². The van der Waals surface area contributed by atoms with Crippen molar-refractivity contribution in [3.05, 3.63) is 28.8 Å². The lowest BCUT2D eigenvalue weighted by Gasteiger charge is -2.33. The normalized spacial score (nSPS) is 14.7. The van der Waals surface area contributed by atoms with Gasteiger partial charge in [0, 0.05) is 11.1 Å². The predicted octanol–water partition coefficient (Wildman–Crippen LogP) is 5.57. The molecule has 1 nitrogen and oxygen atoms in total. The van der Waals surface area contributed by atoms with Crippen molar-refractivity contribution in [3.63, 3.8) is 0 Å². The van der Waals surface area contributed by atoms with Crippen LogP contribution in [-0.4, -0.2) is 21.9 Å². The lowest BCUT2D eigenvalue weighted by atomic mass is 9.75. The van der Waals surface area contributed by atoms with Gasteiger partial charge in [0.2, 0.25) is 16.3 Å². The average molecular weight is 353 g/mol. The van der Waals surface area contributed by atoms with Gasteiger partial charge in [-0.3, -0.25) is 0 Å². The molecule has 0 bridgehead atoms. The van der Waals surface area contributed by atoms with Crippen LogP contribution < -0.4 is 4.74 Å². The third-order valence-corrected chi connectivity index (χ3v) is 5.79. The highest BCUT2D eigenvalue weighted by Crippen LogP contribution is 2.43. The second-order valence-corrected chi connectivity index (χ2v) is 10.9. The number of ether oxygens (including phenoxy) is 1. The predicted molar refractivity (Wildman–Crippen MR) is 106 cm³/mol. The van der Waals surface area contributed by atoms with Gasteiger partial charge in [0.25, 0.3) is 0 Å². The minimum Gasteiger partial charge on any atom is -0.475 e. The molecule has 1 rings (SSSR count). The highest BCUT2D eigenvalue weighted by molar-refractivity contribution is 6.24. The van der Waals surface area contributed by atoms with Gasteiger partial charge in [-0.15, -0.1) is 0 Å². The maximum Gasteiger partial charge on any atom is 0.219 e. The first-order valence-electron chi connectivity index (χ1n) is 8.68. The molecule has 0 heterocycles. The van der Waals surface area contributed by atoms with Crippen LogP contribution in [0.2, 0.25) is 5.28 Å². The molecular weight excluding hydrogens is 319 g/mol. The maximum atomic E-state index is 6.39. The molecule has 0 amide bonds. The zero-order valence-electron chi connectivity index (χ0n) is 16.7. The Bertz CT molecular complexity index is 509. The van der Waals surface area contributed by atoms with Crippen LogP contribution in [0.5, 0.6) is 5.75 Å². The summed E-state index contributed by atoms with van der Waals surface area (Å²) >= 11 is 7.43. The summed E-state index contributed by atoms with van der Waals surface area (Å²) in [5.41, 5.74) is 3.78. The van der Waals surface area contributed by atoms with E-state index in [-0.39, 0.29) is 21.8 Å². The molecule has 0 radical (unpaired) electrons. The van der Waals surface area contributed by atoms with Crippen molar-refractivity contribution >= 4 is 27.9 Å². The standard InChI is InChI=1S/C20H32ClO.Al.2H/c1-13(21)22-17-15(19(5,6)7)11-14(18(2,3)4)12-16(17)20(8,9)10;;;/h11-13H,1H2,2-10H3;;;. The molecule has 0 N–H and O–H groups in total. The summed E-state index contributed by atoms with van der Waals surface area (Å²) in [6.45, 7) is 20.3. The molecule has 0 aromatic heterocycles. The van der Waals surface area contributed by atoms with Gasteiger partial charge in [0.15, 0.2) is 5.56 Å². The summed E-state index contributed by atoms with van der Waals surface area (Å²) in [6, 6.07) is 4.64. The minimum atomic E-state index is -0.232. The van der Waals surface area contributed by atoms with E-state index in [2.05, 4.69) is 74.4 Å². The van der Waals surface area contributed by atoms with Crippen molar-refractivity contribution in [1.82, 2.24) is 0 Å². The monoisotopic (exact) mass is 352 g/mol. The van der Waals surface area contributed by atoms with Crippen molar-refractivity contribution < 1.29 is 4.74 Å². The summed E-state index contributed by atoms with van der Waals surface area (Å²) in [5, 5.41) is 0.926. The molecule has 23 heavy (non-hydrogen) atoms. The number of halogens is 1. The van der Waals surface area contributed by atoms with Crippen molar-refractivity contribution in [3.8, 4) is 5.75 Å². The molecule has 0 fully saturated rings. The fourth-order valence-electron chi connectivity index (χ4n) is 2.51. The molecule has 0 spiro atoms. The average Bonchev–Trinajstić information content (AvgIpc) is 2.34. The van der Waals surface area contributed by atoms with Crippen molar-refractivity contribution in [2.45, 2.75) is 89.4 Å². The van der Waals surface area contributed by atoms with Gasteiger partial charge >= 0.3 is 0 Å². The Balaban J connectivity index is 3.75. The van der Waals surface area contributed by atoms with Crippen LogP contribution in [0.25, 0.3) is 0 Å². The fourth-order valence-corrected chi connectivity index (χ4v) is 2.77. The molecule has 0 aliphatic carbocycles. The van der Waals surface area contributed by atoms with Gasteiger partial charge in [-0.2, -0.15) is 0 Å². The maximum absolute atomic E-state index is 6.39. The third kappa shape index (κ3) is 5.42. The zero-order chi connectivity index (χ0) is 18.2. The highest BCUT2D eigenvalue weighted by Gasteiger charge is 2.30. The number of rotatable bonds is 3. The van der Waals surface area contributed by atoms with Crippen LogP contribution in [0.3, 0.4) is 0 Å². The van der Waals surface area contributed by atoms with E-state index in [1.54, 1.807) is 0 Å². The number of hydrogen-bond acceptors (Lipinski definition) is 1. The second kappa shape index (κ2) is 6.99. The molecule has 130 valence electrons. The molecular formula is C20H34AlClO. The smallest absolute Gasteiger partial charge is 0.219 e. The highest BCUT2D eigenvalue weighted by atomic mass is 35.5. The first-order valence-corrected chi connectivity index (χ1v) is 10.5. The summed E-state index contributed by atoms with van der Waals surface area (Å²) < 4.78 is 6.25. The molecule has 0 aliphatic rings. The molecule has 1 atom stereocenters. The molecule has 0 aliphatic heterocycles. The quantitative estimate of drug-likeness (QED) is 0.510. The van der Waals surface area contributed by atoms with Gasteiger partial charge < -0.3 is 4.74 Å². The SMILES string of the molecule is CC(C)(C)c1cc(C(C)(C)C)c(OC(Cl)[CH2][AlH2])c(C(C)(C)C)c1. The Morgan fingerprint density at radius 3 is 1.52 bits per heavy atom. The number of hydrogen-bond donors (Lipinski definition) is 0. The van der Waals surface area contributed by atoms with E-state index < -0.39 is 0 Å². The topological polar surface area (TPSA) is 9.23 Å². The summed E-state index contributed by atoms with van der Waals surface area (Å²) in [6.07, 6.45) is 0. The molecule has 1 unspecified atom stereocenters. The Labute approximate surface area is 156 Å². The van der Waals surface area contributed by atoms with E-state index in [4.69, 9.17) is 16.3 Å². The Morgan fingerprint density at radius 1 is 0.870 bits per heavy atom. The van der Waals surface area contributed by atoms with Gasteiger partial charge in [0.05, 0.1) is 0 Å². The van der Waals surface area contributed by atoms with Crippen molar-refractivity contribution in [1.29, 1.82) is 0 Å². The van der Waals surface area contributed by atoms with Gasteiger partial charge in [-0.1, -0.05) is 91.3 Å². The molecule has 1 aromatic rings. The first-order chi connectivity index (χ1) is 10.2. The van der Waals surface area contributed by atoms with Crippen LogP contribution >= 0.6 is 11.6 Å². The zero-order valence-corrected chi connectivity index (χ0v) is 19.5. The first kappa shape index (κ1) is 20.9. The van der Waals surface area contributed by atoms with E-state index in [9.17, 15) is 0 Å². The van der Waals surface area contributed by atoms with Crippen LogP contribution in [0.15, 0.2) is 12.1 Å². The van der Waals surface area contributed by atoms with Crippen LogP contribution in [0.4, 0.5) is 0 Å². The van der Waals surface area contributed by atoms with Crippen molar-refractivity contribution in [2.75, 3.05) is 0 Å². The fraction of sp³-hybridized carbons (Fsp3) is 0.700. The Kier molecular flexibility index (Phi) is 6.35. The van der Waals surface area contributed by atoms with Crippen LogP contribution in [0, 0.1) is 0 Å². The van der Waals surface area contributed by atoms with Crippen LogP contribution in [-0.2, 0) is 16.2 Å². The van der Waals surface area contributed by atoms with E-state index in [0.29, 0.717) is 0 Å². The molecule has 0 saturated heterocycles. The summed E-state index contributed by atoms with van der Waals surface area (Å²) in [5.74, 6) is 0.994. The second-order valence-electron chi connectivity index (χ2n) is 9.59. The molecule has 1 aromatic carbocycles. The third-order valence-electron chi connectivity index (χ3n) is 4.14. The van der Waals surface area contributed by atoms with Gasteiger partial charge in [-0.25, -0.2) is 0 Å². The van der Waals surface area contributed by atoms with E-state index >= 15 is 0 Å². The Morgan fingerprint density at radius 2 is 1.26 bits per heavy atom. The van der Waals surface area contributed by atoms with Gasteiger partial charge in [-0.05, 0) is 21.8 Å². The molecule has 3 heteroatoms. The number of alkyl halides is 1. The lowest BCUT2D eigenvalue weighted by molar-refractivity contribution is 0.284. The molecule has 0 saturated carbocycles. The number of benzene rings is 1.